The molecule has 0 spiro atoms. The van der Waals surface area contributed by atoms with E-state index >= 15 is 0 Å². The molecular formula is C27H12N6S2. The monoisotopic (exact) mass is 484 g/mol. The number of rotatable bonds is 3. The summed E-state index contributed by atoms with van der Waals surface area (Å²) in [4.78, 5) is 22.0. The highest BCUT2D eigenvalue weighted by atomic mass is 32.1. The zero-order chi connectivity index (χ0) is 23.5. The molecule has 7 rings (SSSR count). The lowest BCUT2D eigenvalue weighted by Crippen LogP contribution is -1.96. The van der Waals surface area contributed by atoms with Crippen molar-refractivity contribution in [3.8, 4) is 28.2 Å². The van der Waals surface area contributed by atoms with Crippen molar-refractivity contribution in [2.45, 2.75) is 0 Å². The van der Waals surface area contributed by atoms with Gasteiger partial charge in [0.25, 0.3) is 0 Å². The molecule has 0 amide bonds. The van der Waals surface area contributed by atoms with Crippen LogP contribution in [-0.2, 0) is 0 Å². The first-order chi connectivity index (χ1) is 17.3. The first-order valence-electron chi connectivity index (χ1n) is 10.8. The van der Waals surface area contributed by atoms with Crippen LogP contribution in [0.3, 0.4) is 0 Å². The Morgan fingerprint density at radius 1 is 0.686 bits per heavy atom. The number of benzene rings is 3. The average molecular weight is 485 g/mol. The Kier molecular flexibility index (Phi) is 4.30. The number of nitrogens with zero attached hydrogens (tertiary/aromatic N) is 6. The summed E-state index contributed by atoms with van der Waals surface area (Å²) >= 11 is 9.60. The van der Waals surface area contributed by atoms with Gasteiger partial charge in [0.15, 0.2) is 0 Å². The lowest BCUT2D eigenvalue weighted by atomic mass is 10.0. The van der Waals surface area contributed by atoms with E-state index < -0.39 is 0 Å². The van der Waals surface area contributed by atoms with Crippen molar-refractivity contribution in [1.82, 2.24) is 19.5 Å². The molecular weight excluding hydrogens is 472 g/mol. The lowest BCUT2D eigenvalue weighted by molar-refractivity contribution is 1.18. The van der Waals surface area contributed by atoms with Gasteiger partial charge in [0.2, 0.25) is 11.6 Å². The summed E-state index contributed by atoms with van der Waals surface area (Å²) in [5, 5.41) is 9.23. The molecule has 0 saturated carbocycles. The number of hydrogen-bond donors (Lipinski definition) is 0. The van der Waals surface area contributed by atoms with E-state index in [-0.39, 0.29) is 11.6 Å². The highest BCUT2D eigenvalue weighted by molar-refractivity contribution is 7.78. The van der Waals surface area contributed by atoms with Crippen molar-refractivity contribution in [2.75, 3.05) is 0 Å². The fraction of sp³-hybridized carbons (Fsp3) is 0. The Labute approximate surface area is 209 Å². The SMILES string of the molecule is S=C=Nc1nc2c(nc1N=C=S)-c1ccc(-n3c4ccccc4c4ccncc43)c3cccc-2c13. The molecule has 1 aliphatic carbocycles. The van der Waals surface area contributed by atoms with Gasteiger partial charge in [-0.25, -0.2) is 9.97 Å². The number of aliphatic imine (C=N–C) groups is 2. The molecule has 8 heteroatoms. The van der Waals surface area contributed by atoms with E-state index in [1.807, 2.05) is 18.5 Å². The van der Waals surface area contributed by atoms with Crippen LogP contribution in [0.1, 0.15) is 0 Å². The maximum atomic E-state index is 4.80. The molecule has 0 aliphatic heterocycles. The van der Waals surface area contributed by atoms with E-state index in [0.717, 1.165) is 55.4 Å². The topological polar surface area (TPSA) is 68.3 Å². The maximum absolute atomic E-state index is 4.80. The molecule has 0 bridgehead atoms. The van der Waals surface area contributed by atoms with Crippen LogP contribution in [0.2, 0.25) is 0 Å². The molecule has 0 N–H and O–H groups in total. The minimum Gasteiger partial charge on any atom is -0.307 e. The molecule has 3 heterocycles. The number of aromatic nitrogens is 4. The van der Waals surface area contributed by atoms with E-state index in [2.05, 4.69) is 84.5 Å². The summed E-state index contributed by atoms with van der Waals surface area (Å²) in [6, 6.07) is 20.9. The van der Waals surface area contributed by atoms with Crippen molar-refractivity contribution in [3.63, 3.8) is 0 Å². The highest BCUT2D eigenvalue weighted by Crippen LogP contribution is 2.49. The third-order valence-corrected chi connectivity index (χ3v) is 6.59. The summed E-state index contributed by atoms with van der Waals surface area (Å²) in [5.74, 6) is 0.546. The minimum absolute atomic E-state index is 0.273. The lowest BCUT2D eigenvalue weighted by Gasteiger charge is -2.12. The first-order valence-corrected chi connectivity index (χ1v) is 11.6. The predicted molar refractivity (Wildman–Crippen MR) is 145 cm³/mol. The van der Waals surface area contributed by atoms with Gasteiger partial charge >= 0.3 is 0 Å². The third-order valence-electron chi connectivity index (χ3n) is 6.41. The number of hydrogen-bond acceptors (Lipinski definition) is 7. The Morgan fingerprint density at radius 2 is 1.37 bits per heavy atom. The van der Waals surface area contributed by atoms with Crippen LogP contribution in [0.15, 0.2) is 83.0 Å². The molecule has 6 aromatic rings. The molecule has 0 atom stereocenters. The van der Waals surface area contributed by atoms with Crippen molar-refractivity contribution in [1.29, 1.82) is 0 Å². The van der Waals surface area contributed by atoms with E-state index in [1.54, 1.807) is 0 Å². The molecule has 0 radical (unpaired) electrons. The Hall–Kier alpha value is -4.45. The van der Waals surface area contributed by atoms with Gasteiger partial charge in [-0.2, -0.15) is 9.98 Å². The Morgan fingerprint density at radius 3 is 2.14 bits per heavy atom. The first kappa shape index (κ1) is 20.0. The van der Waals surface area contributed by atoms with E-state index in [4.69, 9.17) is 34.4 Å². The van der Waals surface area contributed by atoms with E-state index in [0.29, 0.717) is 0 Å². The second-order valence-corrected chi connectivity index (χ2v) is 8.45. The fourth-order valence-electron chi connectivity index (χ4n) is 5.09. The van der Waals surface area contributed by atoms with Gasteiger partial charge in [-0.05, 0) is 48.7 Å². The van der Waals surface area contributed by atoms with Gasteiger partial charge in [0.05, 0.1) is 44.6 Å². The Bertz CT molecular complexity index is 1870. The van der Waals surface area contributed by atoms with Crippen molar-refractivity contribution in [3.05, 3.63) is 73.1 Å². The summed E-state index contributed by atoms with van der Waals surface area (Å²) in [7, 11) is 0. The normalized spacial score (nSPS) is 11.4. The van der Waals surface area contributed by atoms with Gasteiger partial charge in [0, 0.05) is 38.9 Å². The van der Waals surface area contributed by atoms with Gasteiger partial charge < -0.3 is 4.57 Å². The number of pyridine rings is 1. The van der Waals surface area contributed by atoms with E-state index in [9.17, 15) is 0 Å². The van der Waals surface area contributed by atoms with Crippen molar-refractivity contribution in [2.24, 2.45) is 9.98 Å². The molecule has 0 unspecified atom stereocenters. The summed E-state index contributed by atoms with van der Waals surface area (Å²) in [5.41, 5.74) is 6.68. The van der Waals surface area contributed by atoms with Gasteiger partial charge in [-0.1, -0.05) is 36.4 Å². The average Bonchev–Trinajstić information content (AvgIpc) is 3.39. The van der Waals surface area contributed by atoms with Crippen LogP contribution in [0, 0.1) is 0 Å². The summed E-state index contributed by atoms with van der Waals surface area (Å²) < 4.78 is 2.27. The molecule has 0 saturated heterocycles. The smallest absolute Gasteiger partial charge is 0.209 e. The molecule has 3 aromatic heterocycles. The molecule has 3 aromatic carbocycles. The summed E-state index contributed by atoms with van der Waals surface area (Å²) in [6.07, 6.45) is 3.75. The standard InChI is InChI=1S/C27H12N6S2/c34-13-29-26-27(30-14-35)32-25-19-8-9-21(17-5-3-6-18(23(17)19)24(25)31-26)33-20-7-2-1-4-15(20)16-10-11-28-12-22(16)33/h1-12H. The van der Waals surface area contributed by atoms with Crippen LogP contribution >= 0.6 is 24.4 Å². The van der Waals surface area contributed by atoms with Crippen molar-refractivity contribution < 1.29 is 0 Å². The Balaban J connectivity index is 1.59. The van der Waals surface area contributed by atoms with Gasteiger partial charge in [0.1, 0.15) is 0 Å². The van der Waals surface area contributed by atoms with E-state index in [1.165, 1.54) is 5.39 Å². The zero-order valence-corrected chi connectivity index (χ0v) is 19.6. The van der Waals surface area contributed by atoms with Gasteiger partial charge in [-0.15, -0.1) is 0 Å². The molecule has 1 aliphatic rings. The molecule has 0 fully saturated rings. The number of isothiocyanates is 2. The second kappa shape index (κ2) is 7.53. The largest absolute Gasteiger partial charge is 0.307 e. The number of fused-ring (bicyclic) bond motifs is 6. The fourth-order valence-corrected chi connectivity index (χ4v) is 5.26. The van der Waals surface area contributed by atoms with Crippen LogP contribution in [-0.4, -0.2) is 29.8 Å². The molecule has 162 valence electrons. The van der Waals surface area contributed by atoms with Crippen LogP contribution in [0.25, 0.3) is 60.8 Å². The quantitative estimate of drug-likeness (QED) is 0.195. The highest BCUT2D eigenvalue weighted by Gasteiger charge is 2.28. The van der Waals surface area contributed by atoms with Crippen molar-refractivity contribution >= 4 is 79.0 Å². The summed E-state index contributed by atoms with van der Waals surface area (Å²) in [6.45, 7) is 0. The number of para-hydroxylation sites is 1. The second-order valence-electron chi connectivity index (χ2n) is 8.08. The zero-order valence-electron chi connectivity index (χ0n) is 17.9. The predicted octanol–water partition coefficient (Wildman–Crippen LogP) is 7.24. The van der Waals surface area contributed by atoms with Crippen LogP contribution < -0.4 is 0 Å². The van der Waals surface area contributed by atoms with Gasteiger partial charge in [-0.3, -0.25) is 4.98 Å². The van der Waals surface area contributed by atoms with Crippen LogP contribution in [0.4, 0.5) is 11.6 Å². The maximum Gasteiger partial charge on any atom is 0.209 e. The third kappa shape index (κ3) is 2.74. The number of thiocarbonyl (C=S) groups is 2. The molecule has 6 nitrogen and oxygen atoms in total. The minimum atomic E-state index is 0.273. The molecule has 35 heavy (non-hydrogen) atoms. The van der Waals surface area contributed by atoms with Crippen LogP contribution in [0.5, 0.6) is 0 Å².